The summed E-state index contributed by atoms with van der Waals surface area (Å²) in [6.45, 7) is 2.74. The number of rotatable bonds is 6. The maximum absolute atomic E-state index is 13.4. The van der Waals surface area contributed by atoms with Gasteiger partial charge in [-0.3, -0.25) is 14.5 Å². The highest BCUT2D eigenvalue weighted by atomic mass is 79.9. The smallest absolute Gasteiger partial charge is 0.267 e. The summed E-state index contributed by atoms with van der Waals surface area (Å²) in [4.78, 5) is 30.2. The van der Waals surface area contributed by atoms with E-state index in [-0.39, 0.29) is 23.3 Å². The molecule has 0 spiro atoms. The van der Waals surface area contributed by atoms with Crippen LogP contribution in [0.5, 0.6) is 0 Å². The zero-order valence-electron chi connectivity index (χ0n) is 17.1. The number of hydrogen-bond donors (Lipinski definition) is 0. The van der Waals surface area contributed by atoms with E-state index in [0.717, 1.165) is 53.2 Å². The van der Waals surface area contributed by atoms with Crippen molar-refractivity contribution in [2.75, 3.05) is 23.0 Å². The number of halogens is 1. The lowest BCUT2D eigenvalue weighted by molar-refractivity contribution is -0.123. The highest BCUT2D eigenvalue weighted by Gasteiger charge is 2.46. The van der Waals surface area contributed by atoms with Crippen molar-refractivity contribution in [3.8, 4) is 0 Å². The number of carbonyl (C=O) groups excluding carboxylic acids is 2. The van der Waals surface area contributed by atoms with Crippen LogP contribution in [0.15, 0.2) is 27.6 Å². The number of benzene rings is 1. The number of thioether (sulfide) groups is 1. The topological polar surface area (TPSA) is 74.8 Å². The lowest BCUT2D eigenvalue weighted by Gasteiger charge is -2.21. The quantitative estimate of drug-likeness (QED) is 0.305. The SMILES string of the molecule is CCCCCCN1C(=O)C(=C2SC(=S)N(C3CCS(=O)(=O)C3)C2=O)c2cc(Br)ccc21. The Morgan fingerprint density at radius 1 is 1.19 bits per heavy atom. The second kappa shape index (κ2) is 8.96. The van der Waals surface area contributed by atoms with Gasteiger partial charge in [0.25, 0.3) is 11.8 Å². The van der Waals surface area contributed by atoms with Gasteiger partial charge in [-0.2, -0.15) is 0 Å². The minimum atomic E-state index is -3.17. The molecule has 0 aliphatic carbocycles. The molecule has 2 fully saturated rings. The van der Waals surface area contributed by atoms with Crippen molar-refractivity contribution >= 4 is 77.1 Å². The molecule has 6 nitrogen and oxygen atoms in total. The normalized spacial score (nSPS) is 25.1. The zero-order chi connectivity index (χ0) is 22.3. The molecule has 2 saturated heterocycles. The van der Waals surface area contributed by atoms with E-state index in [1.165, 1.54) is 4.90 Å². The summed E-state index contributed by atoms with van der Waals surface area (Å²) < 4.78 is 25.0. The predicted molar refractivity (Wildman–Crippen MR) is 132 cm³/mol. The van der Waals surface area contributed by atoms with Crippen LogP contribution in [0.3, 0.4) is 0 Å². The molecule has 3 heterocycles. The number of unbranched alkanes of at least 4 members (excludes halogenated alkanes) is 3. The summed E-state index contributed by atoms with van der Waals surface area (Å²) in [5, 5.41) is 0. The van der Waals surface area contributed by atoms with E-state index in [0.29, 0.717) is 27.8 Å². The number of carbonyl (C=O) groups is 2. The molecule has 0 radical (unpaired) electrons. The fourth-order valence-electron chi connectivity index (χ4n) is 4.27. The van der Waals surface area contributed by atoms with Gasteiger partial charge in [0.2, 0.25) is 0 Å². The Labute approximate surface area is 200 Å². The summed E-state index contributed by atoms with van der Waals surface area (Å²) in [5.41, 5.74) is 1.88. The van der Waals surface area contributed by atoms with Gasteiger partial charge in [0, 0.05) is 16.6 Å². The summed E-state index contributed by atoms with van der Waals surface area (Å²) in [7, 11) is -3.17. The van der Waals surface area contributed by atoms with Crippen LogP contribution < -0.4 is 4.90 Å². The molecule has 1 unspecified atom stereocenters. The highest BCUT2D eigenvalue weighted by Crippen LogP contribution is 2.46. The van der Waals surface area contributed by atoms with Gasteiger partial charge in [-0.15, -0.1) is 0 Å². The van der Waals surface area contributed by atoms with Crippen LogP contribution >= 0.6 is 39.9 Å². The number of amides is 2. The van der Waals surface area contributed by atoms with E-state index in [1.807, 2.05) is 18.2 Å². The third kappa shape index (κ3) is 4.36. The number of thiocarbonyl (C=S) groups is 1. The van der Waals surface area contributed by atoms with Crippen LogP contribution in [0.2, 0.25) is 0 Å². The molecule has 2 amide bonds. The Kier molecular flexibility index (Phi) is 6.63. The molecule has 31 heavy (non-hydrogen) atoms. The van der Waals surface area contributed by atoms with E-state index in [1.54, 1.807) is 4.90 Å². The summed E-state index contributed by atoms with van der Waals surface area (Å²) in [5.74, 6) is -0.578. The maximum Gasteiger partial charge on any atom is 0.267 e. The molecule has 0 N–H and O–H groups in total. The Hall–Kier alpha value is -1.23. The average Bonchev–Trinajstić information content (AvgIpc) is 3.29. The molecule has 1 aromatic rings. The molecule has 166 valence electrons. The monoisotopic (exact) mass is 542 g/mol. The van der Waals surface area contributed by atoms with Crippen LogP contribution in [0.25, 0.3) is 5.57 Å². The van der Waals surface area contributed by atoms with Gasteiger partial charge in [0.05, 0.1) is 33.7 Å². The van der Waals surface area contributed by atoms with Crippen molar-refractivity contribution in [3.63, 3.8) is 0 Å². The number of fused-ring (bicyclic) bond motifs is 1. The molecule has 4 rings (SSSR count). The third-order valence-electron chi connectivity index (χ3n) is 5.81. The highest BCUT2D eigenvalue weighted by molar-refractivity contribution is 9.10. The first-order valence-corrected chi connectivity index (χ1v) is 14.2. The lowest BCUT2D eigenvalue weighted by Crippen LogP contribution is -2.39. The molecule has 3 aliphatic heterocycles. The first-order valence-electron chi connectivity index (χ1n) is 10.4. The maximum atomic E-state index is 13.4. The zero-order valence-corrected chi connectivity index (χ0v) is 21.1. The van der Waals surface area contributed by atoms with Crippen molar-refractivity contribution in [2.24, 2.45) is 0 Å². The van der Waals surface area contributed by atoms with Gasteiger partial charge in [-0.1, -0.05) is 66.1 Å². The van der Waals surface area contributed by atoms with Crippen LogP contribution in [0.4, 0.5) is 5.69 Å². The van der Waals surface area contributed by atoms with Crippen molar-refractivity contribution in [2.45, 2.75) is 45.1 Å². The molecular formula is C21H23BrN2O4S3. The number of sulfone groups is 1. The first-order chi connectivity index (χ1) is 14.7. The Balaban J connectivity index is 1.69. The number of hydrogen-bond acceptors (Lipinski definition) is 6. The minimum Gasteiger partial charge on any atom is -0.308 e. The van der Waals surface area contributed by atoms with Gasteiger partial charge in [-0.05, 0) is 31.0 Å². The van der Waals surface area contributed by atoms with Crippen molar-refractivity contribution in [1.82, 2.24) is 4.90 Å². The molecule has 0 aromatic heterocycles. The summed E-state index contributed by atoms with van der Waals surface area (Å²) in [6, 6.07) is 5.19. The van der Waals surface area contributed by atoms with Crippen LogP contribution in [0, 0.1) is 0 Å². The van der Waals surface area contributed by atoms with Gasteiger partial charge in [-0.25, -0.2) is 8.42 Å². The number of nitrogens with zero attached hydrogens (tertiary/aromatic N) is 2. The summed E-state index contributed by atoms with van der Waals surface area (Å²) in [6.07, 6.45) is 4.53. The second-order valence-corrected chi connectivity index (χ2v) is 12.8. The van der Waals surface area contributed by atoms with Gasteiger partial charge < -0.3 is 4.90 Å². The standard InChI is InChI=1S/C21H23BrN2O4S3/c1-2-3-4-5-9-23-16-7-6-13(22)11-15(16)17(19(23)25)18-20(26)24(21(29)30-18)14-8-10-31(27,28)12-14/h6-7,11,14H,2-5,8-10,12H2,1H3. The fraction of sp³-hybridized carbons (Fsp3) is 0.476. The van der Waals surface area contributed by atoms with Gasteiger partial charge in [0.15, 0.2) is 9.84 Å². The molecule has 3 aliphatic rings. The van der Waals surface area contributed by atoms with Crippen molar-refractivity contribution < 1.29 is 18.0 Å². The van der Waals surface area contributed by atoms with Crippen LogP contribution in [-0.4, -0.2) is 53.5 Å². The van der Waals surface area contributed by atoms with E-state index in [9.17, 15) is 18.0 Å². The molecule has 1 atom stereocenters. The van der Waals surface area contributed by atoms with Crippen molar-refractivity contribution in [3.05, 3.63) is 33.1 Å². The molecular weight excluding hydrogens is 520 g/mol. The first kappa shape index (κ1) is 22.9. The average molecular weight is 544 g/mol. The molecule has 0 saturated carbocycles. The van der Waals surface area contributed by atoms with Gasteiger partial charge in [0.1, 0.15) is 4.32 Å². The number of anilines is 1. The van der Waals surface area contributed by atoms with E-state index >= 15 is 0 Å². The third-order valence-corrected chi connectivity index (χ3v) is 9.46. The lowest BCUT2D eigenvalue weighted by atomic mass is 10.1. The Morgan fingerprint density at radius 3 is 2.65 bits per heavy atom. The van der Waals surface area contributed by atoms with Crippen molar-refractivity contribution in [1.29, 1.82) is 0 Å². The largest absolute Gasteiger partial charge is 0.308 e. The van der Waals surface area contributed by atoms with E-state index in [2.05, 4.69) is 22.9 Å². The van der Waals surface area contributed by atoms with Crippen LogP contribution in [0.1, 0.15) is 44.6 Å². The second-order valence-electron chi connectivity index (χ2n) is 7.98. The van der Waals surface area contributed by atoms with E-state index < -0.39 is 15.9 Å². The summed E-state index contributed by atoms with van der Waals surface area (Å²) >= 11 is 10.0. The van der Waals surface area contributed by atoms with Gasteiger partial charge >= 0.3 is 0 Å². The predicted octanol–water partition coefficient (Wildman–Crippen LogP) is 4.13. The Bertz CT molecular complexity index is 1100. The molecule has 1 aromatic carbocycles. The fourth-order valence-corrected chi connectivity index (χ4v) is 7.80. The molecule has 10 heteroatoms. The minimum absolute atomic E-state index is 0.0564. The Morgan fingerprint density at radius 2 is 1.97 bits per heavy atom. The molecule has 0 bridgehead atoms. The van der Waals surface area contributed by atoms with E-state index in [4.69, 9.17) is 12.2 Å². The van der Waals surface area contributed by atoms with Crippen LogP contribution in [-0.2, 0) is 19.4 Å².